The van der Waals surface area contributed by atoms with E-state index in [0.29, 0.717) is 16.9 Å². The average molecular weight is 297 g/mol. The molecule has 1 fully saturated rings. The molecule has 1 amide bonds. The van der Waals surface area contributed by atoms with Crippen LogP contribution in [-0.2, 0) is 4.79 Å². The molecule has 2 aromatic rings. The third-order valence-electron chi connectivity index (χ3n) is 4.42. The molecule has 1 aliphatic carbocycles. The lowest BCUT2D eigenvalue weighted by molar-refractivity contribution is -0.141. The van der Waals surface area contributed by atoms with Crippen molar-refractivity contribution in [3.05, 3.63) is 59.5 Å². The average Bonchev–Trinajstić information content (AvgIpc) is 3.20. The number of carboxylic acids is 1. The van der Waals surface area contributed by atoms with Gasteiger partial charge in [-0.05, 0) is 36.6 Å². The maximum Gasteiger partial charge on any atom is 0.313 e. The van der Waals surface area contributed by atoms with Gasteiger partial charge in [-0.1, -0.05) is 18.2 Å². The minimum Gasteiger partial charge on any atom is -0.481 e. The highest BCUT2D eigenvalue weighted by atomic mass is 16.4. The molecule has 4 rings (SSSR count). The van der Waals surface area contributed by atoms with E-state index >= 15 is 0 Å². The van der Waals surface area contributed by atoms with Crippen LogP contribution in [0.4, 0.5) is 0 Å². The van der Waals surface area contributed by atoms with Crippen molar-refractivity contribution in [2.45, 2.75) is 30.8 Å². The minimum absolute atomic E-state index is 0.1000. The zero-order valence-corrected chi connectivity index (χ0v) is 11.8. The number of hydrogen-bond donors (Lipinski definition) is 1. The van der Waals surface area contributed by atoms with Crippen LogP contribution in [-0.4, -0.2) is 27.9 Å². The normalized spacial score (nSPS) is 24.2. The molecule has 2 unspecified atom stereocenters. The Kier molecular flexibility index (Phi) is 2.82. The zero-order valence-electron chi connectivity index (χ0n) is 11.8. The van der Waals surface area contributed by atoms with Crippen molar-refractivity contribution in [2.75, 3.05) is 0 Å². The van der Waals surface area contributed by atoms with Crippen molar-refractivity contribution in [3.63, 3.8) is 0 Å². The van der Waals surface area contributed by atoms with E-state index in [2.05, 4.69) is 0 Å². The molecule has 2 aliphatic rings. The quantitative estimate of drug-likeness (QED) is 0.945. The van der Waals surface area contributed by atoms with Crippen LogP contribution in [0.25, 0.3) is 0 Å². The Labute approximate surface area is 127 Å². The van der Waals surface area contributed by atoms with Gasteiger partial charge in [0.25, 0.3) is 5.91 Å². The predicted octanol–water partition coefficient (Wildman–Crippen LogP) is 2.81. The summed E-state index contributed by atoms with van der Waals surface area (Å²) in [5.74, 6) is -1.31. The van der Waals surface area contributed by atoms with Crippen LogP contribution < -0.4 is 0 Å². The third kappa shape index (κ3) is 1.85. The summed E-state index contributed by atoms with van der Waals surface area (Å²) in [7, 11) is 0. The zero-order chi connectivity index (χ0) is 15.3. The maximum absolute atomic E-state index is 12.9. The van der Waals surface area contributed by atoms with Gasteiger partial charge in [0.05, 0.1) is 6.26 Å². The van der Waals surface area contributed by atoms with Crippen LogP contribution in [0.1, 0.15) is 46.5 Å². The molecular weight excluding hydrogens is 282 g/mol. The molecule has 5 nitrogen and oxygen atoms in total. The highest BCUT2D eigenvalue weighted by Crippen LogP contribution is 2.47. The summed E-state index contributed by atoms with van der Waals surface area (Å²) in [4.78, 5) is 26.5. The van der Waals surface area contributed by atoms with Crippen molar-refractivity contribution in [2.24, 2.45) is 0 Å². The highest BCUT2D eigenvalue weighted by Gasteiger charge is 2.50. The Morgan fingerprint density at radius 2 is 1.95 bits per heavy atom. The van der Waals surface area contributed by atoms with Crippen molar-refractivity contribution in [3.8, 4) is 0 Å². The van der Waals surface area contributed by atoms with Crippen LogP contribution >= 0.6 is 0 Å². The Morgan fingerprint density at radius 1 is 1.18 bits per heavy atom. The summed E-state index contributed by atoms with van der Waals surface area (Å²) in [6.45, 7) is 0. The van der Waals surface area contributed by atoms with Crippen LogP contribution in [0.5, 0.6) is 0 Å². The summed E-state index contributed by atoms with van der Waals surface area (Å²) in [6, 6.07) is 9.98. The molecule has 0 radical (unpaired) electrons. The smallest absolute Gasteiger partial charge is 0.313 e. The molecule has 0 spiro atoms. The molecule has 1 aromatic heterocycles. The van der Waals surface area contributed by atoms with E-state index in [-0.39, 0.29) is 11.9 Å². The van der Waals surface area contributed by atoms with Gasteiger partial charge in [-0.25, -0.2) is 0 Å². The third-order valence-corrected chi connectivity index (χ3v) is 4.42. The lowest BCUT2D eigenvalue weighted by Gasteiger charge is -2.39. The van der Waals surface area contributed by atoms with Crippen molar-refractivity contribution >= 4 is 11.9 Å². The van der Waals surface area contributed by atoms with E-state index in [1.807, 2.05) is 0 Å². The molecule has 0 saturated heterocycles. The number of amides is 1. The number of carbonyl (C=O) groups excluding carboxylic acids is 1. The number of furan rings is 1. The van der Waals surface area contributed by atoms with E-state index in [0.717, 1.165) is 12.8 Å². The molecule has 112 valence electrons. The molecule has 0 bridgehead atoms. The molecule has 1 N–H and O–H groups in total. The van der Waals surface area contributed by atoms with Gasteiger partial charge in [0.1, 0.15) is 17.7 Å². The van der Waals surface area contributed by atoms with Crippen molar-refractivity contribution < 1.29 is 19.1 Å². The standard InChI is InChI=1S/C17H15NO4/c19-16-12-5-2-1-4-11(12)14(17(20)21)15(13-6-3-9-22-13)18(16)10-7-8-10/h1-6,9-10,14-15H,7-8H2,(H,20,21). The first-order valence-corrected chi connectivity index (χ1v) is 7.36. The monoisotopic (exact) mass is 297 g/mol. The second kappa shape index (κ2) is 4.73. The SMILES string of the molecule is O=C(O)C1c2ccccc2C(=O)N(C2CC2)C1c1ccco1. The molecule has 1 aromatic carbocycles. The van der Waals surface area contributed by atoms with E-state index in [4.69, 9.17) is 4.42 Å². The van der Waals surface area contributed by atoms with Crippen molar-refractivity contribution in [1.29, 1.82) is 0 Å². The largest absolute Gasteiger partial charge is 0.481 e. The minimum atomic E-state index is -0.938. The molecule has 1 saturated carbocycles. The summed E-state index contributed by atoms with van der Waals surface area (Å²) >= 11 is 0. The summed E-state index contributed by atoms with van der Waals surface area (Å²) in [6.07, 6.45) is 3.35. The fourth-order valence-corrected chi connectivity index (χ4v) is 3.33. The number of rotatable bonds is 3. The second-order valence-corrected chi connectivity index (χ2v) is 5.81. The lowest BCUT2D eigenvalue weighted by atomic mass is 9.81. The van der Waals surface area contributed by atoms with Crippen LogP contribution in [0.2, 0.25) is 0 Å². The first kappa shape index (κ1) is 13.1. The summed E-state index contributed by atoms with van der Waals surface area (Å²) in [5.41, 5.74) is 1.06. The second-order valence-electron chi connectivity index (χ2n) is 5.81. The number of benzene rings is 1. The summed E-state index contributed by atoms with van der Waals surface area (Å²) in [5, 5.41) is 9.78. The van der Waals surface area contributed by atoms with Gasteiger partial charge >= 0.3 is 5.97 Å². The Morgan fingerprint density at radius 3 is 2.59 bits per heavy atom. The number of hydrogen-bond acceptors (Lipinski definition) is 3. The van der Waals surface area contributed by atoms with Gasteiger partial charge in [-0.3, -0.25) is 9.59 Å². The highest BCUT2D eigenvalue weighted by molar-refractivity contribution is 6.00. The van der Waals surface area contributed by atoms with E-state index in [1.54, 1.807) is 41.3 Å². The van der Waals surface area contributed by atoms with Gasteiger partial charge in [-0.2, -0.15) is 0 Å². The number of carbonyl (C=O) groups is 2. The molecular formula is C17H15NO4. The van der Waals surface area contributed by atoms with Crippen LogP contribution in [0.15, 0.2) is 47.1 Å². The molecule has 1 aliphatic heterocycles. The summed E-state index contributed by atoms with van der Waals surface area (Å²) < 4.78 is 5.47. The van der Waals surface area contributed by atoms with E-state index in [1.165, 1.54) is 6.26 Å². The number of carboxylic acid groups (broad SMARTS) is 1. The number of nitrogens with zero attached hydrogens (tertiary/aromatic N) is 1. The first-order chi connectivity index (χ1) is 10.7. The van der Waals surface area contributed by atoms with E-state index < -0.39 is 17.9 Å². The fourth-order valence-electron chi connectivity index (χ4n) is 3.33. The van der Waals surface area contributed by atoms with Gasteiger partial charge < -0.3 is 14.4 Å². The first-order valence-electron chi connectivity index (χ1n) is 7.36. The Hall–Kier alpha value is -2.56. The van der Waals surface area contributed by atoms with Gasteiger partial charge in [-0.15, -0.1) is 0 Å². The number of fused-ring (bicyclic) bond motifs is 1. The Bertz CT molecular complexity index is 733. The van der Waals surface area contributed by atoms with Gasteiger partial charge in [0.15, 0.2) is 0 Å². The molecule has 5 heteroatoms. The lowest BCUT2D eigenvalue weighted by Crippen LogP contribution is -2.45. The van der Waals surface area contributed by atoms with E-state index in [9.17, 15) is 14.7 Å². The van der Waals surface area contributed by atoms with Crippen LogP contribution in [0, 0.1) is 0 Å². The topological polar surface area (TPSA) is 70.8 Å². The fraction of sp³-hybridized carbons (Fsp3) is 0.294. The predicted molar refractivity (Wildman–Crippen MR) is 77.5 cm³/mol. The van der Waals surface area contributed by atoms with Gasteiger partial charge in [0, 0.05) is 11.6 Å². The van der Waals surface area contributed by atoms with Crippen molar-refractivity contribution in [1.82, 2.24) is 4.90 Å². The van der Waals surface area contributed by atoms with Gasteiger partial charge in [0.2, 0.25) is 0 Å². The Balaban J connectivity index is 1.93. The van der Waals surface area contributed by atoms with Crippen LogP contribution in [0.3, 0.4) is 0 Å². The number of aliphatic carboxylic acids is 1. The molecule has 2 atom stereocenters. The maximum atomic E-state index is 12.9. The molecule has 22 heavy (non-hydrogen) atoms. The molecule has 2 heterocycles.